The minimum atomic E-state index is 0.102. The molecule has 3 rings (SSSR count). The van der Waals surface area contributed by atoms with Crippen molar-refractivity contribution in [3.05, 3.63) is 76.5 Å². The SMILES string of the molecule is CN(C(=S)Oc1ccc(C(C)(C)C)cc1)c1ccccc1OCCNCc1ccsc1. The van der Waals surface area contributed by atoms with Crippen molar-refractivity contribution >= 4 is 34.4 Å². The molecule has 1 aromatic heterocycles. The molecule has 0 atom stereocenters. The third-order valence-corrected chi connectivity index (χ3v) is 5.96. The Bertz CT molecular complexity index is 964. The van der Waals surface area contributed by atoms with E-state index in [4.69, 9.17) is 21.7 Å². The predicted molar refractivity (Wildman–Crippen MR) is 135 cm³/mol. The first kappa shape index (κ1) is 23.3. The van der Waals surface area contributed by atoms with Crippen molar-refractivity contribution in [1.29, 1.82) is 0 Å². The molecule has 0 bridgehead atoms. The van der Waals surface area contributed by atoms with Crippen molar-refractivity contribution < 1.29 is 9.47 Å². The maximum absolute atomic E-state index is 6.01. The first-order valence-electron chi connectivity index (χ1n) is 10.3. The number of hydrogen-bond acceptors (Lipinski definition) is 5. The van der Waals surface area contributed by atoms with E-state index in [1.54, 1.807) is 11.3 Å². The highest BCUT2D eigenvalue weighted by Gasteiger charge is 2.16. The average Bonchev–Trinajstić information content (AvgIpc) is 3.26. The van der Waals surface area contributed by atoms with Gasteiger partial charge in [-0.05, 0) is 69.9 Å². The van der Waals surface area contributed by atoms with Gasteiger partial charge in [0.05, 0.1) is 5.69 Å². The molecule has 2 aromatic carbocycles. The van der Waals surface area contributed by atoms with E-state index >= 15 is 0 Å². The van der Waals surface area contributed by atoms with E-state index < -0.39 is 0 Å². The summed E-state index contributed by atoms with van der Waals surface area (Å²) in [5, 5.41) is 8.00. The van der Waals surface area contributed by atoms with Crippen LogP contribution in [0.25, 0.3) is 0 Å². The van der Waals surface area contributed by atoms with Gasteiger partial charge in [-0.1, -0.05) is 45.0 Å². The molecule has 164 valence electrons. The van der Waals surface area contributed by atoms with Gasteiger partial charge in [0, 0.05) is 20.1 Å². The molecule has 0 unspecified atom stereocenters. The monoisotopic (exact) mass is 454 g/mol. The summed E-state index contributed by atoms with van der Waals surface area (Å²) in [4.78, 5) is 1.83. The molecule has 4 nitrogen and oxygen atoms in total. The normalized spacial score (nSPS) is 11.2. The van der Waals surface area contributed by atoms with Crippen molar-refractivity contribution in [1.82, 2.24) is 5.32 Å². The highest BCUT2D eigenvalue weighted by Crippen LogP contribution is 2.29. The first-order chi connectivity index (χ1) is 14.8. The number of benzene rings is 2. The molecule has 0 fully saturated rings. The Labute approximate surface area is 194 Å². The Morgan fingerprint density at radius 3 is 2.48 bits per heavy atom. The Kier molecular flexibility index (Phi) is 8.07. The van der Waals surface area contributed by atoms with Crippen molar-refractivity contribution in [3.63, 3.8) is 0 Å². The maximum Gasteiger partial charge on any atom is 0.269 e. The van der Waals surface area contributed by atoms with E-state index in [0.717, 1.165) is 30.3 Å². The van der Waals surface area contributed by atoms with Crippen molar-refractivity contribution in [2.24, 2.45) is 0 Å². The van der Waals surface area contributed by atoms with Gasteiger partial charge in [-0.2, -0.15) is 11.3 Å². The molecule has 0 radical (unpaired) electrons. The standard InChI is InChI=1S/C25H30N2O2S2/c1-25(2,3)20-9-11-21(12-10-20)29-24(30)27(4)22-7-5-6-8-23(22)28-15-14-26-17-19-13-16-31-18-19/h5-13,16,18,26H,14-15,17H2,1-4H3. The van der Waals surface area contributed by atoms with Crippen LogP contribution in [0, 0.1) is 0 Å². The van der Waals surface area contributed by atoms with Gasteiger partial charge >= 0.3 is 0 Å². The van der Waals surface area contributed by atoms with Crippen LogP contribution in [0.15, 0.2) is 65.4 Å². The van der Waals surface area contributed by atoms with E-state index in [1.165, 1.54) is 11.1 Å². The van der Waals surface area contributed by atoms with Gasteiger partial charge in [0.25, 0.3) is 5.17 Å². The number of anilines is 1. The number of thiocarbonyl (C=S) groups is 1. The van der Waals surface area contributed by atoms with Crippen molar-refractivity contribution in [2.75, 3.05) is 25.1 Å². The Hall–Kier alpha value is -2.41. The summed E-state index contributed by atoms with van der Waals surface area (Å²) in [6, 6.07) is 18.1. The molecular weight excluding hydrogens is 424 g/mol. The van der Waals surface area contributed by atoms with Gasteiger partial charge in [0.15, 0.2) is 0 Å². The summed E-state index contributed by atoms with van der Waals surface area (Å²) in [5.41, 5.74) is 3.52. The van der Waals surface area contributed by atoms with Crippen LogP contribution >= 0.6 is 23.6 Å². The fourth-order valence-electron chi connectivity index (χ4n) is 3.01. The average molecular weight is 455 g/mol. The number of rotatable bonds is 8. The molecule has 1 heterocycles. The van der Waals surface area contributed by atoms with E-state index in [-0.39, 0.29) is 5.41 Å². The topological polar surface area (TPSA) is 33.7 Å². The van der Waals surface area contributed by atoms with Crippen LogP contribution in [0.2, 0.25) is 0 Å². The van der Waals surface area contributed by atoms with Gasteiger partial charge in [0.2, 0.25) is 0 Å². The Balaban J connectivity index is 1.55. The molecule has 0 saturated heterocycles. The van der Waals surface area contributed by atoms with Crippen molar-refractivity contribution in [2.45, 2.75) is 32.7 Å². The fraction of sp³-hybridized carbons (Fsp3) is 0.320. The number of nitrogens with zero attached hydrogens (tertiary/aromatic N) is 1. The molecule has 31 heavy (non-hydrogen) atoms. The molecule has 6 heteroatoms. The third-order valence-electron chi connectivity index (χ3n) is 4.87. The lowest BCUT2D eigenvalue weighted by Crippen LogP contribution is -2.30. The molecule has 0 aliphatic carbocycles. The number of para-hydroxylation sites is 2. The van der Waals surface area contributed by atoms with E-state index in [2.05, 4.69) is 55.0 Å². The number of nitrogens with one attached hydrogen (secondary N) is 1. The fourth-order valence-corrected chi connectivity index (χ4v) is 3.87. The summed E-state index contributed by atoms with van der Waals surface area (Å²) in [7, 11) is 1.89. The summed E-state index contributed by atoms with van der Waals surface area (Å²) < 4.78 is 11.9. The second kappa shape index (κ2) is 10.8. The molecule has 1 N–H and O–H groups in total. The molecule has 0 aliphatic rings. The van der Waals surface area contributed by atoms with Crippen LogP contribution in [0.3, 0.4) is 0 Å². The van der Waals surface area contributed by atoms with Crippen LogP contribution in [0.5, 0.6) is 11.5 Å². The second-order valence-corrected chi connectivity index (χ2v) is 9.46. The minimum Gasteiger partial charge on any atom is -0.490 e. The molecule has 0 spiro atoms. The van der Waals surface area contributed by atoms with Crippen LogP contribution in [0.4, 0.5) is 5.69 Å². The molecule has 0 saturated carbocycles. The quantitative estimate of drug-likeness (QED) is 0.333. The largest absolute Gasteiger partial charge is 0.490 e. The van der Waals surface area contributed by atoms with Gasteiger partial charge in [0.1, 0.15) is 18.1 Å². The molecule has 0 aliphatic heterocycles. The summed E-state index contributed by atoms with van der Waals surface area (Å²) >= 11 is 7.25. The molecular formula is C25H30N2O2S2. The number of hydrogen-bond donors (Lipinski definition) is 1. The highest BCUT2D eigenvalue weighted by atomic mass is 32.1. The smallest absolute Gasteiger partial charge is 0.269 e. The predicted octanol–water partition coefficient (Wildman–Crippen LogP) is 6.01. The Morgan fingerprint density at radius 2 is 1.81 bits per heavy atom. The molecule has 0 amide bonds. The van der Waals surface area contributed by atoms with Gasteiger partial charge in [-0.3, -0.25) is 0 Å². The van der Waals surface area contributed by atoms with Crippen LogP contribution < -0.4 is 19.7 Å². The zero-order chi connectivity index (χ0) is 22.3. The summed E-state index contributed by atoms with van der Waals surface area (Å²) in [6.45, 7) is 8.74. The van der Waals surface area contributed by atoms with E-state index in [9.17, 15) is 0 Å². The number of thiophene rings is 1. The highest BCUT2D eigenvalue weighted by molar-refractivity contribution is 7.80. The second-order valence-electron chi connectivity index (χ2n) is 8.33. The maximum atomic E-state index is 6.01. The summed E-state index contributed by atoms with van der Waals surface area (Å²) in [5.74, 6) is 1.50. The van der Waals surface area contributed by atoms with E-state index in [0.29, 0.717) is 11.8 Å². The van der Waals surface area contributed by atoms with Crippen LogP contribution in [-0.4, -0.2) is 25.4 Å². The van der Waals surface area contributed by atoms with Gasteiger partial charge in [-0.25, -0.2) is 0 Å². The zero-order valence-corrected chi connectivity index (χ0v) is 20.2. The zero-order valence-electron chi connectivity index (χ0n) is 18.6. The first-order valence-corrected chi connectivity index (χ1v) is 11.7. The number of ether oxygens (including phenoxy) is 2. The summed E-state index contributed by atoms with van der Waals surface area (Å²) in [6.07, 6.45) is 0. The van der Waals surface area contributed by atoms with Gasteiger partial charge < -0.3 is 19.7 Å². The minimum absolute atomic E-state index is 0.102. The lowest BCUT2D eigenvalue weighted by atomic mass is 9.87. The molecule has 3 aromatic rings. The van der Waals surface area contributed by atoms with Crippen molar-refractivity contribution in [3.8, 4) is 11.5 Å². The van der Waals surface area contributed by atoms with Crippen LogP contribution in [-0.2, 0) is 12.0 Å². The lowest BCUT2D eigenvalue weighted by molar-refractivity contribution is 0.314. The lowest BCUT2D eigenvalue weighted by Gasteiger charge is -2.23. The third kappa shape index (κ3) is 6.79. The van der Waals surface area contributed by atoms with E-state index in [1.807, 2.05) is 48.3 Å². The van der Waals surface area contributed by atoms with Gasteiger partial charge in [-0.15, -0.1) is 0 Å². The van der Waals surface area contributed by atoms with Crippen LogP contribution in [0.1, 0.15) is 31.9 Å². The Morgan fingerprint density at radius 1 is 1.06 bits per heavy atom.